The van der Waals surface area contributed by atoms with Crippen molar-refractivity contribution in [1.82, 2.24) is 5.01 Å². The van der Waals surface area contributed by atoms with E-state index in [-0.39, 0.29) is 15.6 Å². The van der Waals surface area contributed by atoms with Crippen molar-refractivity contribution in [3.63, 3.8) is 0 Å². The van der Waals surface area contributed by atoms with Crippen LogP contribution in [0.5, 0.6) is 5.75 Å². The van der Waals surface area contributed by atoms with E-state index in [2.05, 4.69) is 21.0 Å². The van der Waals surface area contributed by atoms with Crippen LogP contribution >= 0.6 is 39.9 Å². The van der Waals surface area contributed by atoms with Gasteiger partial charge in [0, 0.05) is 16.6 Å². The minimum atomic E-state index is -0.614. The van der Waals surface area contributed by atoms with Crippen LogP contribution in [0.3, 0.4) is 0 Å². The maximum atomic E-state index is 12.5. The van der Waals surface area contributed by atoms with E-state index in [4.69, 9.17) is 12.2 Å². The summed E-state index contributed by atoms with van der Waals surface area (Å²) >= 11 is 9.62. The van der Waals surface area contributed by atoms with Crippen molar-refractivity contribution in [3.8, 4) is 5.75 Å². The number of carbonyl (C=O) groups excluding carboxylic acids is 1. The lowest BCUT2D eigenvalue weighted by atomic mass is 10.2. The summed E-state index contributed by atoms with van der Waals surface area (Å²) in [7, 11) is 0. The van der Waals surface area contributed by atoms with Crippen LogP contribution in [0.4, 0.5) is 5.69 Å². The van der Waals surface area contributed by atoms with Crippen molar-refractivity contribution >= 4 is 68.1 Å². The van der Waals surface area contributed by atoms with E-state index in [1.165, 1.54) is 0 Å². The Morgan fingerprint density at radius 2 is 2.04 bits per heavy atom. The van der Waals surface area contributed by atoms with Crippen LogP contribution in [0.15, 0.2) is 56.9 Å². The number of rotatable bonds is 4. The molecule has 1 heterocycles. The van der Waals surface area contributed by atoms with E-state index in [1.807, 2.05) is 24.3 Å². The number of non-ortho nitro benzene ring substituents is 1. The van der Waals surface area contributed by atoms with Crippen LogP contribution in [-0.2, 0) is 4.79 Å². The molecule has 2 aromatic carbocycles. The van der Waals surface area contributed by atoms with E-state index in [9.17, 15) is 20.0 Å². The zero-order valence-electron chi connectivity index (χ0n) is 13.4. The van der Waals surface area contributed by atoms with E-state index in [1.54, 1.807) is 6.08 Å². The topological polar surface area (TPSA) is 98.9 Å². The SMILES string of the molecule is O=C1/C(=C\c2cccc(Br)c2)SC(=S)N1/N=C\c1cc([N+](=O)[O-])ccc1[O-]. The molecule has 0 bridgehead atoms. The summed E-state index contributed by atoms with van der Waals surface area (Å²) < 4.78 is 1.08. The van der Waals surface area contributed by atoms with Crippen LogP contribution in [0.2, 0.25) is 0 Å². The number of hydrogen-bond donors (Lipinski definition) is 0. The molecule has 0 atom stereocenters. The molecule has 0 N–H and O–H groups in total. The van der Waals surface area contributed by atoms with Gasteiger partial charge in [-0.3, -0.25) is 14.9 Å². The Bertz CT molecular complexity index is 1020. The van der Waals surface area contributed by atoms with Gasteiger partial charge in [0.15, 0.2) is 4.32 Å². The highest BCUT2D eigenvalue weighted by atomic mass is 79.9. The van der Waals surface area contributed by atoms with Crippen LogP contribution < -0.4 is 5.11 Å². The third kappa shape index (κ3) is 4.41. The van der Waals surface area contributed by atoms with Gasteiger partial charge in [-0.15, -0.1) is 0 Å². The summed E-state index contributed by atoms with van der Waals surface area (Å²) in [6.45, 7) is 0. The van der Waals surface area contributed by atoms with Gasteiger partial charge < -0.3 is 5.11 Å². The predicted molar refractivity (Wildman–Crippen MR) is 109 cm³/mol. The normalized spacial score (nSPS) is 15.9. The zero-order valence-corrected chi connectivity index (χ0v) is 16.6. The van der Waals surface area contributed by atoms with Gasteiger partial charge >= 0.3 is 0 Å². The lowest BCUT2D eigenvalue weighted by Gasteiger charge is -2.10. The number of nitrogens with zero attached hydrogens (tertiary/aromatic N) is 3. The zero-order chi connectivity index (χ0) is 19.6. The number of benzene rings is 2. The molecule has 1 fully saturated rings. The predicted octanol–water partition coefficient (Wildman–Crippen LogP) is 3.67. The first-order valence-corrected chi connectivity index (χ1v) is 9.40. The first kappa shape index (κ1) is 19.2. The first-order chi connectivity index (χ1) is 12.8. The average molecular weight is 463 g/mol. The van der Waals surface area contributed by atoms with Crippen molar-refractivity contribution in [2.24, 2.45) is 5.10 Å². The Morgan fingerprint density at radius 3 is 2.74 bits per heavy atom. The molecule has 1 amide bonds. The highest BCUT2D eigenvalue weighted by molar-refractivity contribution is 9.10. The van der Waals surface area contributed by atoms with Crippen LogP contribution in [0.25, 0.3) is 6.08 Å². The molecule has 0 radical (unpaired) electrons. The second-order valence-corrected chi connectivity index (χ2v) is 7.86. The minimum absolute atomic E-state index is 0.00535. The molecule has 0 aliphatic carbocycles. The summed E-state index contributed by atoms with van der Waals surface area (Å²) in [6, 6.07) is 10.7. The molecule has 7 nitrogen and oxygen atoms in total. The number of nitro benzene ring substituents is 1. The number of nitro groups is 1. The molecular weight excluding hydrogens is 454 g/mol. The molecule has 10 heteroatoms. The van der Waals surface area contributed by atoms with Gasteiger partial charge in [0.1, 0.15) is 0 Å². The lowest BCUT2D eigenvalue weighted by molar-refractivity contribution is -0.385. The fraction of sp³-hybridized carbons (Fsp3) is 0. The van der Waals surface area contributed by atoms with Crippen LogP contribution in [-0.4, -0.2) is 26.4 Å². The molecule has 0 unspecified atom stereocenters. The molecule has 0 aromatic heterocycles. The second kappa shape index (κ2) is 7.99. The van der Waals surface area contributed by atoms with Crippen molar-refractivity contribution < 1.29 is 14.8 Å². The smallest absolute Gasteiger partial charge is 0.286 e. The summed E-state index contributed by atoms with van der Waals surface area (Å²) in [6.07, 6.45) is 2.79. The number of hydrazone groups is 1. The first-order valence-electron chi connectivity index (χ1n) is 7.38. The van der Waals surface area contributed by atoms with Crippen molar-refractivity contribution in [3.05, 3.63) is 73.1 Å². The highest BCUT2D eigenvalue weighted by Gasteiger charge is 2.32. The van der Waals surface area contributed by atoms with Crippen molar-refractivity contribution in [2.75, 3.05) is 0 Å². The fourth-order valence-corrected chi connectivity index (χ4v) is 3.77. The molecule has 2 aromatic rings. The number of thioether (sulfide) groups is 1. The summed E-state index contributed by atoms with van der Waals surface area (Å²) in [5.41, 5.74) is 0.569. The molecular formula is C17H9BrN3O4S2-. The average Bonchev–Trinajstić information content (AvgIpc) is 2.87. The number of amides is 1. The lowest BCUT2D eigenvalue weighted by Crippen LogP contribution is -2.22. The molecule has 1 aliphatic heterocycles. The number of hydrogen-bond acceptors (Lipinski definition) is 7. The van der Waals surface area contributed by atoms with Gasteiger partial charge in [0.2, 0.25) is 0 Å². The Hall–Kier alpha value is -2.56. The Labute approximate surface area is 171 Å². The van der Waals surface area contributed by atoms with Gasteiger partial charge in [0.05, 0.1) is 16.0 Å². The van der Waals surface area contributed by atoms with Crippen LogP contribution in [0, 0.1) is 10.1 Å². The maximum Gasteiger partial charge on any atom is 0.286 e. The number of thiocarbonyl (C=S) groups is 1. The number of halogens is 1. The summed E-state index contributed by atoms with van der Waals surface area (Å²) in [5.74, 6) is -0.876. The summed E-state index contributed by atoms with van der Waals surface area (Å²) in [5, 5.41) is 27.6. The van der Waals surface area contributed by atoms with E-state index >= 15 is 0 Å². The largest absolute Gasteiger partial charge is 0.872 e. The second-order valence-electron chi connectivity index (χ2n) is 5.27. The Balaban J connectivity index is 1.85. The van der Waals surface area contributed by atoms with E-state index in [0.717, 1.165) is 51.2 Å². The van der Waals surface area contributed by atoms with Gasteiger partial charge in [0.25, 0.3) is 11.6 Å². The van der Waals surface area contributed by atoms with Crippen molar-refractivity contribution in [2.45, 2.75) is 0 Å². The van der Waals surface area contributed by atoms with Gasteiger partial charge in [-0.2, -0.15) is 10.1 Å². The molecule has 0 saturated carbocycles. The van der Waals surface area contributed by atoms with E-state index < -0.39 is 16.6 Å². The van der Waals surface area contributed by atoms with Gasteiger partial charge in [-0.1, -0.05) is 51.6 Å². The standard InChI is InChI=1S/C17H10BrN3O4S2/c18-12-3-1-2-10(6-12)7-15-16(23)20(17(26)27-15)19-9-11-8-13(21(24)25)4-5-14(11)22/h1-9,22H/p-1/b15-7+,19-9-. The molecule has 1 saturated heterocycles. The third-order valence-corrected chi connectivity index (χ3v) is 5.21. The van der Waals surface area contributed by atoms with Crippen molar-refractivity contribution in [1.29, 1.82) is 0 Å². The Kier molecular flexibility index (Phi) is 5.68. The fourth-order valence-electron chi connectivity index (χ4n) is 2.18. The van der Waals surface area contributed by atoms with E-state index in [0.29, 0.717) is 4.91 Å². The molecule has 3 rings (SSSR count). The van der Waals surface area contributed by atoms with Gasteiger partial charge in [-0.05, 0) is 41.6 Å². The van der Waals surface area contributed by atoms with Gasteiger partial charge in [-0.25, -0.2) is 0 Å². The monoisotopic (exact) mass is 462 g/mol. The molecule has 136 valence electrons. The molecule has 27 heavy (non-hydrogen) atoms. The maximum absolute atomic E-state index is 12.5. The quantitative estimate of drug-likeness (QED) is 0.226. The molecule has 0 spiro atoms. The summed E-state index contributed by atoms with van der Waals surface area (Å²) in [4.78, 5) is 23.1. The highest BCUT2D eigenvalue weighted by Crippen LogP contribution is 2.33. The third-order valence-electron chi connectivity index (χ3n) is 3.44. The van der Waals surface area contributed by atoms with Crippen LogP contribution in [0.1, 0.15) is 11.1 Å². The number of carbonyl (C=O) groups is 1. The Morgan fingerprint density at radius 1 is 1.26 bits per heavy atom. The minimum Gasteiger partial charge on any atom is -0.872 e. The molecule has 1 aliphatic rings.